The summed E-state index contributed by atoms with van der Waals surface area (Å²) in [4.78, 5) is 19.2. The highest BCUT2D eigenvalue weighted by molar-refractivity contribution is 6.35. The number of benzene rings is 1. The smallest absolute Gasteiger partial charge is 0.319 e. The molecule has 2 saturated heterocycles. The topological polar surface area (TPSA) is 131 Å². The number of hydrogen-bond acceptors (Lipinski definition) is 11. The molecule has 3 aromatic heterocycles. The zero-order valence-electron chi connectivity index (χ0n) is 31.0. The summed E-state index contributed by atoms with van der Waals surface area (Å²) in [6.45, 7) is 6.24. The Kier molecular flexibility index (Phi) is 8.96. The van der Waals surface area contributed by atoms with Gasteiger partial charge in [0.25, 0.3) is 0 Å². The van der Waals surface area contributed by atoms with Gasteiger partial charge in [-0.15, -0.1) is 0 Å². The number of β-amino-alcohol motifs (C(OH)–C–C–N with tert-alkyl or cyclic N) is 1. The number of hydrogen-bond donors (Lipinski definition) is 2. The second kappa shape index (κ2) is 13.4. The van der Waals surface area contributed by atoms with Gasteiger partial charge in [0.15, 0.2) is 5.82 Å². The quantitative estimate of drug-likeness (QED) is 0.217. The average Bonchev–Trinajstić information content (AvgIpc) is 3.84. The van der Waals surface area contributed by atoms with E-state index >= 15 is 4.39 Å². The summed E-state index contributed by atoms with van der Waals surface area (Å²) < 4.78 is 41.4. The standard InChI is InChI=1S/C39H49ClFN7O5/c1-21-13-26-25(17-42-46-26)29(31(21)40)33-32(41)34-30(36(43-33)51-4)35(47-11-12-52-19-38(2,49)18-47)45-37(44-34)53-20-39-8-5-7-28(39)48(10-6-9-39)27-15-22-14-23(50-3)16-24(22)27/h13,17,22-24,27-28,49H,5-12,14-16,18-20H2,1-4H3,(H,42,46). The van der Waals surface area contributed by atoms with E-state index in [0.29, 0.717) is 71.2 Å². The van der Waals surface area contributed by atoms with Crippen molar-refractivity contribution in [1.29, 1.82) is 0 Å². The molecule has 1 aromatic carbocycles. The number of aliphatic hydroxyl groups is 1. The third kappa shape index (κ3) is 5.92. The SMILES string of the molecule is COc1nc(-c2c(Cl)c(C)cc3[nH]ncc23)c(F)c2nc(OCC34CCCC3N(C3CC5CC(OC)CC53)CCC4)nc(N3CCOCC(C)(O)C3)c12. The van der Waals surface area contributed by atoms with Crippen LogP contribution in [0.4, 0.5) is 10.2 Å². The molecule has 0 amide bonds. The lowest BCUT2D eigenvalue weighted by atomic mass is 9.67. The first-order valence-electron chi connectivity index (χ1n) is 19.1. The molecule has 0 bridgehead atoms. The number of anilines is 1. The van der Waals surface area contributed by atoms with Crippen LogP contribution >= 0.6 is 11.6 Å². The van der Waals surface area contributed by atoms with Gasteiger partial charge < -0.3 is 29.0 Å². The molecule has 5 aliphatic rings. The summed E-state index contributed by atoms with van der Waals surface area (Å²) >= 11 is 6.89. The number of nitrogens with one attached hydrogen (secondary N) is 1. The van der Waals surface area contributed by atoms with Crippen molar-refractivity contribution in [2.75, 3.05) is 58.6 Å². The van der Waals surface area contributed by atoms with Gasteiger partial charge >= 0.3 is 6.01 Å². The molecule has 3 aliphatic carbocycles. The number of piperidine rings is 1. The number of nitrogens with zero attached hydrogens (tertiary/aromatic N) is 6. The van der Waals surface area contributed by atoms with Crippen LogP contribution in [0.15, 0.2) is 12.3 Å². The number of halogens is 2. The molecule has 14 heteroatoms. The first kappa shape index (κ1) is 35.3. The van der Waals surface area contributed by atoms with Crippen LogP contribution in [0, 0.1) is 30.0 Å². The van der Waals surface area contributed by atoms with Gasteiger partial charge in [0.05, 0.1) is 56.3 Å². The number of ether oxygens (including phenoxy) is 4. The molecule has 284 valence electrons. The number of aromatic nitrogens is 5. The molecular weight excluding hydrogens is 701 g/mol. The molecule has 7 atom stereocenters. The predicted octanol–water partition coefficient (Wildman–Crippen LogP) is 6.09. The minimum absolute atomic E-state index is 0.00459. The third-order valence-corrected chi connectivity index (χ3v) is 13.6. The molecule has 9 rings (SSSR count). The number of fused-ring (bicyclic) bond motifs is 4. The largest absolute Gasteiger partial charge is 0.480 e. The van der Waals surface area contributed by atoms with E-state index in [4.69, 9.17) is 45.5 Å². The number of methoxy groups -OCH3 is 2. The van der Waals surface area contributed by atoms with Crippen molar-refractivity contribution in [3.63, 3.8) is 0 Å². The molecular formula is C39H49ClFN7O5. The summed E-state index contributed by atoms with van der Waals surface area (Å²) in [6, 6.07) is 2.99. The van der Waals surface area contributed by atoms with Crippen molar-refractivity contribution >= 4 is 39.2 Å². The number of aromatic amines is 1. The third-order valence-electron chi connectivity index (χ3n) is 13.1. The van der Waals surface area contributed by atoms with Crippen LogP contribution in [0.3, 0.4) is 0 Å². The first-order chi connectivity index (χ1) is 25.6. The maximum atomic E-state index is 17.3. The molecule has 2 N–H and O–H groups in total. The first-order valence-corrected chi connectivity index (χ1v) is 19.5. The number of aryl methyl sites for hydroxylation is 1. The molecule has 3 saturated carbocycles. The van der Waals surface area contributed by atoms with Gasteiger partial charge in [-0.05, 0) is 88.8 Å². The Morgan fingerprint density at radius 1 is 1.13 bits per heavy atom. The van der Waals surface area contributed by atoms with E-state index in [1.165, 1.54) is 20.0 Å². The fourth-order valence-electron chi connectivity index (χ4n) is 10.6. The Balaban J connectivity index is 1.12. The molecule has 53 heavy (non-hydrogen) atoms. The van der Waals surface area contributed by atoms with Gasteiger partial charge in [-0.1, -0.05) is 18.0 Å². The van der Waals surface area contributed by atoms with Crippen LogP contribution in [0.1, 0.15) is 63.9 Å². The lowest BCUT2D eigenvalue weighted by Gasteiger charge is -2.55. The number of rotatable bonds is 8. The highest BCUT2D eigenvalue weighted by atomic mass is 35.5. The zero-order chi connectivity index (χ0) is 36.6. The van der Waals surface area contributed by atoms with Crippen LogP contribution in [0.25, 0.3) is 33.1 Å². The lowest BCUT2D eigenvalue weighted by molar-refractivity contribution is -0.0760. The van der Waals surface area contributed by atoms with Gasteiger partial charge in [-0.3, -0.25) is 10.00 Å². The van der Waals surface area contributed by atoms with E-state index in [1.54, 1.807) is 13.1 Å². The molecule has 5 fully saturated rings. The molecule has 12 nitrogen and oxygen atoms in total. The monoisotopic (exact) mass is 749 g/mol. The lowest BCUT2D eigenvalue weighted by Crippen LogP contribution is -2.61. The predicted molar refractivity (Wildman–Crippen MR) is 199 cm³/mol. The summed E-state index contributed by atoms with van der Waals surface area (Å²) in [5.41, 5.74) is 0.629. The second-order valence-electron chi connectivity index (χ2n) is 16.5. The van der Waals surface area contributed by atoms with Crippen molar-refractivity contribution in [1.82, 2.24) is 30.0 Å². The van der Waals surface area contributed by atoms with E-state index in [1.807, 2.05) is 25.0 Å². The maximum absolute atomic E-state index is 17.3. The second-order valence-corrected chi connectivity index (χ2v) is 16.9. The average molecular weight is 750 g/mol. The number of likely N-dealkylation sites (tertiary alicyclic amines) is 1. The molecule has 0 spiro atoms. The minimum atomic E-state index is -1.18. The van der Waals surface area contributed by atoms with E-state index in [-0.39, 0.29) is 47.1 Å². The van der Waals surface area contributed by atoms with Crippen molar-refractivity contribution in [3.8, 4) is 23.1 Å². The Morgan fingerprint density at radius 2 is 1.98 bits per heavy atom. The van der Waals surface area contributed by atoms with Crippen molar-refractivity contribution in [2.45, 2.75) is 89.0 Å². The maximum Gasteiger partial charge on any atom is 0.319 e. The van der Waals surface area contributed by atoms with Gasteiger partial charge in [0, 0.05) is 42.1 Å². The van der Waals surface area contributed by atoms with Crippen molar-refractivity contribution in [2.24, 2.45) is 17.3 Å². The summed E-state index contributed by atoms with van der Waals surface area (Å²) in [7, 11) is 3.34. The fourth-order valence-corrected chi connectivity index (χ4v) is 10.8. The Bertz CT molecular complexity index is 2050. The van der Waals surface area contributed by atoms with Gasteiger partial charge in [-0.25, -0.2) is 9.37 Å². The summed E-state index contributed by atoms with van der Waals surface area (Å²) in [5, 5.41) is 19.6. The van der Waals surface area contributed by atoms with Crippen LogP contribution in [0.5, 0.6) is 11.9 Å². The summed E-state index contributed by atoms with van der Waals surface area (Å²) in [6.07, 6.45) is 11.2. The van der Waals surface area contributed by atoms with E-state index in [2.05, 4.69) is 15.1 Å². The zero-order valence-corrected chi connectivity index (χ0v) is 31.7. The van der Waals surface area contributed by atoms with E-state index in [0.717, 1.165) is 56.6 Å². The van der Waals surface area contributed by atoms with E-state index < -0.39 is 11.4 Å². The van der Waals surface area contributed by atoms with Crippen LogP contribution in [-0.4, -0.2) is 113 Å². The number of pyridine rings is 1. The molecule has 7 unspecified atom stereocenters. The highest BCUT2D eigenvalue weighted by Crippen LogP contribution is 2.56. The normalized spacial score (nSPS) is 31.8. The van der Waals surface area contributed by atoms with Gasteiger partial charge in [0.2, 0.25) is 5.88 Å². The van der Waals surface area contributed by atoms with Crippen molar-refractivity contribution in [3.05, 3.63) is 28.7 Å². The molecule has 0 radical (unpaired) electrons. The molecule has 2 aliphatic heterocycles. The molecule has 4 aromatic rings. The highest BCUT2D eigenvalue weighted by Gasteiger charge is 2.56. The Hall–Kier alpha value is -3.36. The molecule has 5 heterocycles. The Morgan fingerprint density at radius 3 is 2.81 bits per heavy atom. The van der Waals surface area contributed by atoms with Crippen molar-refractivity contribution < 1.29 is 28.4 Å². The van der Waals surface area contributed by atoms with Gasteiger partial charge in [0.1, 0.15) is 28.0 Å². The van der Waals surface area contributed by atoms with Crippen LogP contribution in [-0.2, 0) is 9.47 Å². The Labute approximate surface area is 313 Å². The van der Waals surface area contributed by atoms with Crippen LogP contribution in [0.2, 0.25) is 5.02 Å². The minimum Gasteiger partial charge on any atom is -0.480 e. The van der Waals surface area contributed by atoms with Crippen LogP contribution < -0.4 is 14.4 Å². The summed E-state index contributed by atoms with van der Waals surface area (Å²) in [5.74, 6) is 1.32. The fraction of sp³-hybridized carbons (Fsp3) is 0.641. The number of H-pyrrole nitrogens is 1. The van der Waals surface area contributed by atoms with E-state index in [9.17, 15) is 5.11 Å². The van der Waals surface area contributed by atoms with Gasteiger partial charge in [-0.2, -0.15) is 15.1 Å².